The first-order valence-corrected chi connectivity index (χ1v) is 8.42. The molecule has 1 aliphatic heterocycles. The number of amides is 1. The molecule has 0 bridgehead atoms. The summed E-state index contributed by atoms with van der Waals surface area (Å²) in [5.41, 5.74) is 0. The first-order chi connectivity index (χ1) is 12.4. The minimum atomic E-state index is -1.04. The number of esters is 1. The van der Waals surface area contributed by atoms with Gasteiger partial charge in [-0.2, -0.15) is 0 Å². The summed E-state index contributed by atoms with van der Waals surface area (Å²) in [5, 5.41) is 8.54. The third-order valence-corrected chi connectivity index (χ3v) is 3.73. The van der Waals surface area contributed by atoms with Crippen LogP contribution in [-0.2, 0) is 19.1 Å². The molecule has 1 heterocycles. The van der Waals surface area contributed by atoms with Crippen molar-refractivity contribution < 1.29 is 28.7 Å². The summed E-state index contributed by atoms with van der Waals surface area (Å²) in [5.74, 6) is -1.79. The van der Waals surface area contributed by atoms with E-state index in [1.165, 1.54) is 12.2 Å². The Hall–Kier alpha value is -2.73. The molecule has 1 fully saturated rings. The Morgan fingerprint density at radius 3 is 2.54 bits per heavy atom. The summed E-state index contributed by atoms with van der Waals surface area (Å²) in [4.78, 5) is 32.9. The van der Waals surface area contributed by atoms with Crippen LogP contribution >= 0.6 is 0 Å². The maximum Gasteiger partial charge on any atom is 0.330 e. The van der Waals surface area contributed by atoms with Crippen molar-refractivity contribution in [2.45, 2.75) is 26.2 Å². The number of unbranched alkanes of at least 4 members (excludes halogenated alkanes) is 1. The Labute approximate surface area is 155 Å². The summed E-state index contributed by atoms with van der Waals surface area (Å²) >= 11 is 0. The smallest absolute Gasteiger partial charge is 0.330 e. The lowest BCUT2D eigenvalue weighted by Crippen LogP contribution is -2.39. The molecular weight excluding hydrogens is 334 g/mol. The topological polar surface area (TPSA) is 80.7 Å². The summed E-state index contributed by atoms with van der Waals surface area (Å²) in [6.45, 7) is 13.7. The van der Waals surface area contributed by atoms with Crippen LogP contribution in [0.15, 0.2) is 62.5 Å². The summed E-state index contributed by atoms with van der Waals surface area (Å²) < 4.78 is 4.72. The van der Waals surface area contributed by atoms with Crippen LogP contribution in [0, 0.1) is 5.92 Å². The number of ether oxygens (including phenoxy) is 1. The number of hydrogen-bond acceptors (Lipinski definition) is 4. The van der Waals surface area contributed by atoms with Gasteiger partial charge in [-0.1, -0.05) is 38.7 Å². The number of hydrogen-bond donors (Lipinski definition) is 1. The fourth-order valence-corrected chi connectivity index (χ4v) is 2.25. The van der Waals surface area contributed by atoms with E-state index in [0.717, 1.165) is 18.9 Å². The van der Waals surface area contributed by atoms with Gasteiger partial charge in [0.15, 0.2) is 0 Å². The normalized spacial score (nSPS) is 21.9. The van der Waals surface area contributed by atoms with Crippen molar-refractivity contribution >= 4 is 17.8 Å². The molecule has 0 aromatic carbocycles. The SMILES string of the molecule is C=CC(=O)OCCCC.C=CC=C[N+]1(C=C)CCC(C=CC(=O)O)C1=O. The number of rotatable bonds is 9. The molecule has 0 aromatic heterocycles. The predicted octanol–water partition coefficient (Wildman–Crippen LogP) is 3.35. The molecule has 0 aromatic rings. The van der Waals surface area contributed by atoms with Crippen molar-refractivity contribution in [3.8, 4) is 0 Å². The summed E-state index contributed by atoms with van der Waals surface area (Å²) in [7, 11) is 0. The molecule has 2 unspecified atom stereocenters. The average molecular weight is 362 g/mol. The lowest BCUT2D eigenvalue weighted by molar-refractivity contribution is -0.738. The molecule has 1 aliphatic rings. The highest BCUT2D eigenvalue weighted by Gasteiger charge is 2.44. The molecular formula is C20H28NO5+. The van der Waals surface area contributed by atoms with Gasteiger partial charge >= 0.3 is 17.8 Å². The summed E-state index contributed by atoms with van der Waals surface area (Å²) in [6, 6.07) is 0. The predicted molar refractivity (Wildman–Crippen MR) is 101 cm³/mol. The molecule has 0 saturated carbocycles. The van der Waals surface area contributed by atoms with Gasteiger partial charge in [-0.3, -0.25) is 0 Å². The molecule has 26 heavy (non-hydrogen) atoms. The number of carbonyl (C=O) groups excluding carboxylic acids is 2. The minimum absolute atomic E-state index is 0.0423. The van der Waals surface area contributed by atoms with Crippen LogP contribution in [0.2, 0.25) is 0 Å². The number of likely N-dealkylation sites (tertiary alicyclic amines) is 1. The standard InChI is InChI=1S/C13H15NO3.C7H12O2/c1-3-5-9-14(4-2)10-8-11(13(14)17)6-7-12(15)16;1-3-5-6-9-7(8)4-2/h3-7,9,11H,1-2,8,10H2;4H,2-3,5-6H2,1H3/p+1. The Balaban J connectivity index is 0.000000590. The van der Waals surface area contributed by atoms with Crippen molar-refractivity contribution in [2.24, 2.45) is 5.92 Å². The third kappa shape index (κ3) is 7.90. The number of carbonyl (C=O) groups is 3. The highest BCUT2D eigenvalue weighted by molar-refractivity contribution is 5.83. The van der Waals surface area contributed by atoms with Crippen LogP contribution in [0.25, 0.3) is 0 Å². The van der Waals surface area contributed by atoms with Crippen LogP contribution in [0.4, 0.5) is 0 Å². The van der Waals surface area contributed by atoms with E-state index in [4.69, 9.17) is 5.11 Å². The van der Waals surface area contributed by atoms with Crippen molar-refractivity contribution in [2.75, 3.05) is 13.2 Å². The van der Waals surface area contributed by atoms with E-state index in [1.54, 1.807) is 24.6 Å². The maximum absolute atomic E-state index is 12.1. The number of aliphatic carboxylic acids is 1. The summed E-state index contributed by atoms with van der Waals surface area (Å²) in [6.07, 6.45) is 12.8. The average Bonchev–Trinajstić information content (AvgIpc) is 2.95. The van der Waals surface area contributed by atoms with Gasteiger partial charge in [0.2, 0.25) is 0 Å². The second-order valence-electron chi connectivity index (χ2n) is 5.57. The van der Waals surface area contributed by atoms with Gasteiger partial charge < -0.3 is 9.84 Å². The zero-order chi connectivity index (χ0) is 20.0. The van der Waals surface area contributed by atoms with Gasteiger partial charge in [-0.15, -0.1) is 0 Å². The zero-order valence-electron chi connectivity index (χ0n) is 15.3. The third-order valence-electron chi connectivity index (χ3n) is 3.73. The lowest BCUT2D eigenvalue weighted by atomic mass is 10.1. The second-order valence-corrected chi connectivity index (χ2v) is 5.57. The van der Waals surface area contributed by atoms with Gasteiger partial charge in [0.1, 0.15) is 12.4 Å². The molecule has 6 nitrogen and oxygen atoms in total. The van der Waals surface area contributed by atoms with Crippen molar-refractivity contribution in [1.82, 2.24) is 0 Å². The van der Waals surface area contributed by atoms with Gasteiger partial charge in [0, 0.05) is 18.6 Å². The molecule has 0 spiro atoms. The van der Waals surface area contributed by atoms with E-state index in [2.05, 4.69) is 24.5 Å². The highest BCUT2D eigenvalue weighted by atomic mass is 16.5. The fraction of sp³-hybridized carbons (Fsp3) is 0.350. The van der Waals surface area contributed by atoms with Gasteiger partial charge in [-0.25, -0.2) is 18.9 Å². The van der Waals surface area contributed by atoms with Crippen molar-refractivity contribution in [3.05, 3.63) is 62.5 Å². The maximum atomic E-state index is 12.1. The number of quaternary nitrogens is 1. The van der Waals surface area contributed by atoms with Crippen LogP contribution in [0.1, 0.15) is 26.2 Å². The fourth-order valence-electron chi connectivity index (χ4n) is 2.25. The largest absolute Gasteiger partial charge is 0.478 e. The Bertz CT molecular complexity index is 591. The number of nitrogens with zero attached hydrogens (tertiary/aromatic N) is 1. The van der Waals surface area contributed by atoms with Crippen LogP contribution in [0.3, 0.4) is 0 Å². The Kier molecular flexibility index (Phi) is 11.3. The van der Waals surface area contributed by atoms with E-state index in [9.17, 15) is 14.4 Å². The van der Waals surface area contributed by atoms with Crippen molar-refractivity contribution in [3.63, 3.8) is 0 Å². The first-order valence-electron chi connectivity index (χ1n) is 8.42. The molecule has 1 rings (SSSR count). The van der Waals surface area contributed by atoms with E-state index >= 15 is 0 Å². The first kappa shape index (κ1) is 23.3. The molecule has 142 valence electrons. The van der Waals surface area contributed by atoms with E-state index in [0.29, 0.717) is 19.6 Å². The van der Waals surface area contributed by atoms with E-state index < -0.39 is 5.97 Å². The van der Waals surface area contributed by atoms with Crippen LogP contribution < -0.4 is 0 Å². The minimum Gasteiger partial charge on any atom is -0.478 e. The number of carboxylic acids is 1. The highest BCUT2D eigenvalue weighted by Crippen LogP contribution is 2.28. The quantitative estimate of drug-likeness (QED) is 0.224. The van der Waals surface area contributed by atoms with Crippen molar-refractivity contribution in [1.29, 1.82) is 0 Å². The van der Waals surface area contributed by atoms with Crippen LogP contribution in [-0.4, -0.2) is 40.6 Å². The molecule has 1 saturated heterocycles. The van der Waals surface area contributed by atoms with Gasteiger partial charge in [0.25, 0.3) is 0 Å². The molecule has 2 atom stereocenters. The van der Waals surface area contributed by atoms with Gasteiger partial charge in [-0.05, 0) is 19.1 Å². The Morgan fingerprint density at radius 2 is 2.04 bits per heavy atom. The molecule has 0 radical (unpaired) electrons. The number of carboxylic acid groups (broad SMARTS) is 1. The van der Waals surface area contributed by atoms with Gasteiger partial charge in [0.05, 0.1) is 19.1 Å². The molecule has 1 N–H and O–H groups in total. The van der Waals surface area contributed by atoms with E-state index in [1.807, 2.05) is 6.92 Å². The van der Waals surface area contributed by atoms with E-state index in [-0.39, 0.29) is 22.3 Å². The number of allylic oxidation sites excluding steroid dienone is 2. The monoisotopic (exact) mass is 362 g/mol. The Morgan fingerprint density at radius 1 is 1.35 bits per heavy atom. The molecule has 1 amide bonds. The zero-order valence-corrected chi connectivity index (χ0v) is 15.3. The molecule has 0 aliphatic carbocycles. The molecule has 6 heteroatoms. The second kappa shape index (κ2) is 12.6. The van der Waals surface area contributed by atoms with Crippen LogP contribution in [0.5, 0.6) is 0 Å². The lowest BCUT2D eigenvalue weighted by Gasteiger charge is -2.21.